The van der Waals surface area contributed by atoms with Crippen LogP contribution in [-0.4, -0.2) is 27.9 Å². The molecule has 1 N–H and O–H groups in total. The molecule has 2 atom stereocenters. The van der Waals surface area contributed by atoms with Gasteiger partial charge in [0.25, 0.3) is 0 Å². The first-order chi connectivity index (χ1) is 9.13. The normalized spacial score (nSPS) is 23.0. The molecule has 1 fully saturated rings. The highest BCUT2D eigenvalue weighted by Gasteiger charge is 2.30. The predicted molar refractivity (Wildman–Crippen MR) is 67.4 cm³/mol. The lowest BCUT2D eigenvalue weighted by Gasteiger charge is -2.13. The number of aromatic nitrogens is 1. The van der Waals surface area contributed by atoms with Crippen LogP contribution in [0.3, 0.4) is 0 Å². The van der Waals surface area contributed by atoms with Gasteiger partial charge in [0.15, 0.2) is 6.10 Å². The number of hydrogen-bond donors (Lipinski definition) is 1. The quantitative estimate of drug-likeness (QED) is 0.925. The van der Waals surface area contributed by atoms with E-state index in [9.17, 15) is 9.18 Å². The molecule has 1 saturated heterocycles. The molecular weight excluding hydrogens is 249 g/mol. The number of nitrogens with zero attached hydrogens (tertiary/aromatic N) is 1. The molecule has 1 aliphatic heterocycles. The largest absolute Gasteiger partial charge is 0.479 e. The fourth-order valence-corrected chi connectivity index (χ4v) is 2.56. The highest BCUT2D eigenvalue weighted by molar-refractivity contribution is 5.80. The molecule has 0 bridgehead atoms. The van der Waals surface area contributed by atoms with Gasteiger partial charge in [-0.15, -0.1) is 0 Å². The summed E-state index contributed by atoms with van der Waals surface area (Å²) >= 11 is 0. The summed E-state index contributed by atoms with van der Waals surface area (Å²) in [6.07, 6.45) is 2.30. The minimum absolute atomic E-state index is 0.125. The fourth-order valence-electron chi connectivity index (χ4n) is 2.56. The molecule has 19 heavy (non-hydrogen) atoms. The van der Waals surface area contributed by atoms with Crippen LogP contribution in [0.1, 0.15) is 12.8 Å². The number of carbonyl (C=O) groups is 1. The van der Waals surface area contributed by atoms with E-state index in [1.807, 2.05) is 16.8 Å². The standard InChI is InChI=1S/C14H14FNO3/c15-10-2-1-9-5-6-16(12(9)7-10)8-11-3-4-13(19-11)14(17)18/h1-2,5-7,11,13H,3-4,8H2,(H,17,18). The van der Waals surface area contributed by atoms with E-state index in [0.717, 1.165) is 10.9 Å². The van der Waals surface area contributed by atoms with Crippen LogP contribution >= 0.6 is 0 Å². The van der Waals surface area contributed by atoms with Crippen LogP contribution in [0.25, 0.3) is 10.9 Å². The van der Waals surface area contributed by atoms with Crippen molar-refractivity contribution in [1.82, 2.24) is 4.57 Å². The Morgan fingerprint density at radius 1 is 1.42 bits per heavy atom. The lowest BCUT2D eigenvalue weighted by atomic mass is 10.2. The Morgan fingerprint density at radius 2 is 2.26 bits per heavy atom. The molecule has 1 aromatic carbocycles. The van der Waals surface area contributed by atoms with Crippen LogP contribution in [0.2, 0.25) is 0 Å². The molecule has 2 unspecified atom stereocenters. The molecular formula is C14H14FNO3. The highest BCUT2D eigenvalue weighted by atomic mass is 19.1. The van der Waals surface area contributed by atoms with Gasteiger partial charge in [0.2, 0.25) is 0 Å². The molecule has 4 nitrogen and oxygen atoms in total. The Morgan fingerprint density at radius 3 is 3.00 bits per heavy atom. The van der Waals surface area contributed by atoms with Gasteiger partial charge in [-0.3, -0.25) is 0 Å². The average Bonchev–Trinajstić information content (AvgIpc) is 2.98. The van der Waals surface area contributed by atoms with Crippen LogP contribution < -0.4 is 0 Å². The van der Waals surface area contributed by atoms with Crippen molar-refractivity contribution >= 4 is 16.9 Å². The van der Waals surface area contributed by atoms with Gasteiger partial charge in [0.1, 0.15) is 5.82 Å². The fraction of sp³-hybridized carbons (Fsp3) is 0.357. The van der Waals surface area contributed by atoms with E-state index in [-0.39, 0.29) is 11.9 Å². The number of rotatable bonds is 3. The number of aliphatic carboxylic acids is 1. The van der Waals surface area contributed by atoms with E-state index >= 15 is 0 Å². The number of halogens is 1. The van der Waals surface area contributed by atoms with Crippen molar-refractivity contribution in [1.29, 1.82) is 0 Å². The molecule has 0 spiro atoms. The zero-order valence-electron chi connectivity index (χ0n) is 10.3. The van der Waals surface area contributed by atoms with Crippen molar-refractivity contribution in [3.05, 3.63) is 36.3 Å². The topological polar surface area (TPSA) is 51.5 Å². The van der Waals surface area contributed by atoms with Crippen molar-refractivity contribution in [2.24, 2.45) is 0 Å². The monoisotopic (exact) mass is 263 g/mol. The summed E-state index contributed by atoms with van der Waals surface area (Å²) in [6, 6.07) is 6.56. The summed E-state index contributed by atoms with van der Waals surface area (Å²) < 4.78 is 20.6. The smallest absolute Gasteiger partial charge is 0.332 e. The lowest BCUT2D eigenvalue weighted by Crippen LogP contribution is -2.22. The third-order valence-corrected chi connectivity index (χ3v) is 3.52. The van der Waals surface area contributed by atoms with Gasteiger partial charge < -0.3 is 14.4 Å². The van der Waals surface area contributed by atoms with Gasteiger partial charge in [-0.2, -0.15) is 0 Å². The van der Waals surface area contributed by atoms with E-state index in [0.29, 0.717) is 19.4 Å². The molecule has 3 rings (SSSR count). The Hall–Kier alpha value is -1.88. The summed E-state index contributed by atoms with van der Waals surface area (Å²) in [6.45, 7) is 0.552. The second kappa shape index (κ2) is 4.66. The number of ether oxygens (including phenoxy) is 1. The molecule has 0 saturated carbocycles. The molecule has 5 heteroatoms. The van der Waals surface area contributed by atoms with Gasteiger partial charge in [0, 0.05) is 12.7 Å². The zero-order chi connectivity index (χ0) is 13.4. The SMILES string of the molecule is O=C(O)C1CCC(Cn2ccc3ccc(F)cc32)O1. The minimum atomic E-state index is -0.911. The summed E-state index contributed by atoms with van der Waals surface area (Å²) in [4.78, 5) is 10.8. The second-order valence-corrected chi connectivity index (χ2v) is 4.83. The van der Waals surface area contributed by atoms with Crippen molar-refractivity contribution in [2.75, 3.05) is 0 Å². The minimum Gasteiger partial charge on any atom is -0.479 e. The van der Waals surface area contributed by atoms with Crippen LogP contribution in [0.5, 0.6) is 0 Å². The maximum absolute atomic E-state index is 13.3. The summed E-state index contributed by atoms with van der Waals surface area (Å²) in [7, 11) is 0. The van der Waals surface area contributed by atoms with Crippen molar-refractivity contribution < 1.29 is 19.0 Å². The molecule has 0 radical (unpaired) electrons. The van der Waals surface area contributed by atoms with Crippen LogP contribution in [-0.2, 0) is 16.1 Å². The average molecular weight is 263 g/mol. The molecule has 1 aromatic heterocycles. The zero-order valence-corrected chi connectivity index (χ0v) is 10.3. The third-order valence-electron chi connectivity index (χ3n) is 3.52. The second-order valence-electron chi connectivity index (χ2n) is 4.83. The number of benzene rings is 1. The number of carboxylic acids is 1. The van der Waals surface area contributed by atoms with Crippen LogP contribution in [0.4, 0.5) is 4.39 Å². The van der Waals surface area contributed by atoms with Gasteiger partial charge >= 0.3 is 5.97 Å². The summed E-state index contributed by atoms with van der Waals surface area (Å²) in [5.41, 5.74) is 0.808. The maximum Gasteiger partial charge on any atom is 0.332 e. The maximum atomic E-state index is 13.3. The first kappa shape index (κ1) is 12.2. The first-order valence-electron chi connectivity index (χ1n) is 6.26. The Labute approximate surface area is 109 Å². The molecule has 100 valence electrons. The Balaban J connectivity index is 1.79. The van der Waals surface area contributed by atoms with E-state index < -0.39 is 12.1 Å². The molecule has 2 aromatic rings. The lowest BCUT2D eigenvalue weighted by molar-refractivity contribution is -0.149. The molecule has 2 heterocycles. The predicted octanol–water partition coefficient (Wildman–Crippen LogP) is 2.41. The highest BCUT2D eigenvalue weighted by Crippen LogP contribution is 2.24. The van der Waals surface area contributed by atoms with Crippen LogP contribution in [0, 0.1) is 5.82 Å². The summed E-state index contributed by atoms with van der Waals surface area (Å²) in [5.74, 6) is -1.19. The molecule has 0 aliphatic carbocycles. The van der Waals surface area contributed by atoms with Crippen molar-refractivity contribution in [3.8, 4) is 0 Å². The van der Waals surface area contributed by atoms with E-state index in [4.69, 9.17) is 9.84 Å². The Kier molecular flexibility index (Phi) is 2.98. The van der Waals surface area contributed by atoms with E-state index in [2.05, 4.69) is 0 Å². The Bertz CT molecular complexity index is 622. The molecule has 1 aliphatic rings. The van der Waals surface area contributed by atoms with Gasteiger partial charge in [-0.25, -0.2) is 9.18 Å². The molecule has 0 amide bonds. The number of hydrogen-bond acceptors (Lipinski definition) is 2. The van der Waals surface area contributed by atoms with Crippen molar-refractivity contribution in [2.45, 2.75) is 31.6 Å². The number of carboxylic acid groups (broad SMARTS) is 1. The third kappa shape index (κ3) is 2.33. The summed E-state index contributed by atoms with van der Waals surface area (Å²) in [5, 5.41) is 9.85. The van der Waals surface area contributed by atoms with Crippen LogP contribution in [0.15, 0.2) is 30.5 Å². The van der Waals surface area contributed by atoms with Crippen molar-refractivity contribution in [3.63, 3.8) is 0 Å². The van der Waals surface area contributed by atoms with Gasteiger partial charge in [0.05, 0.1) is 11.6 Å². The van der Waals surface area contributed by atoms with E-state index in [1.54, 1.807) is 6.07 Å². The number of fused-ring (bicyclic) bond motifs is 1. The first-order valence-corrected chi connectivity index (χ1v) is 6.26. The van der Waals surface area contributed by atoms with Gasteiger partial charge in [-0.05, 0) is 42.5 Å². The van der Waals surface area contributed by atoms with Gasteiger partial charge in [-0.1, -0.05) is 0 Å². The van der Waals surface area contributed by atoms with E-state index in [1.165, 1.54) is 12.1 Å².